The monoisotopic (exact) mass is 350 g/mol. The Morgan fingerprint density at radius 2 is 2.00 bits per heavy atom. The molecule has 0 bridgehead atoms. The number of unbranched alkanes of at least 4 members (excludes halogenated alkanes) is 1. The molecule has 1 aliphatic rings. The molecule has 25 heavy (non-hydrogen) atoms. The molecule has 0 saturated carbocycles. The second kappa shape index (κ2) is 10.0. The summed E-state index contributed by atoms with van der Waals surface area (Å²) < 4.78 is 10.4. The van der Waals surface area contributed by atoms with E-state index >= 15 is 0 Å². The van der Waals surface area contributed by atoms with Crippen LogP contribution in [0.25, 0.3) is 0 Å². The predicted molar refractivity (Wildman–Crippen MR) is 92.0 cm³/mol. The Morgan fingerprint density at radius 3 is 2.68 bits per heavy atom. The first-order valence-corrected chi connectivity index (χ1v) is 8.60. The smallest absolute Gasteiger partial charge is 0.257 e. The average molecular weight is 350 g/mol. The molecule has 1 aromatic rings. The number of aliphatic hydroxyl groups excluding tert-OH is 1. The van der Waals surface area contributed by atoms with Crippen LogP contribution in [0.1, 0.15) is 31.2 Å². The van der Waals surface area contributed by atoms with Gasteiger partial charge in [0.2, 0.25) is 5.91 Å². The molecule has 0 spiro atoms. The van der Waals surface area contributed by atoms with Crippen molar-refractivity contribution in [3.63, 3.8) is 0 Å². The normalized spacial score (nSPS) is 19.4. The van der Waals surface area contributed by atoms with Crippen LogP contribution in [0.5, 0.6) is 5.75 Å². The number of rotatable bonds is 9. The lowest BCUT2D eigenvalue weighted by Gasteiger charge is -2.14. The van der Waals surface area contributed by atoms with Gasteiger partial charge in [-0.15, -0.1) is 0 Å². The standard InChI is InChI=1S/C18H26N2O5/c1-13-5-7-14(8-6-13)25-12-17(22)19-10-3-2-4-16(21)20-15-9-11-24-18(15)23/h5-8,15,18,23H,2-4,9-12H2,1H3,(H,19,22)(H,20,21)/t15-,18-/m0/s1. The van der Waals surface area contributed by atoms with Gasteiger partial charge in [-0.1, -0.05) is 17.7 Å². The highest BCUT2D eigenvalue weighted by Gasteiger charge is 2.27. The number of benzene rings is 1. The molecule has 2 atom stereocenters. The topological polar surface area (TPSA) is 96.9 Å². The van der Waals surface area contributed by atoms with E-state index in [-0.39, 0.29) is 24.5 Å². The van der Waals surface area contributed by atoms with Crippen LogP contribution in [0.15, 0.2) is 24.3 Å². The molecule has 7 nitrogen and oxygen atoms in total. The molecule has 138 valence electrons. The average Bonchev–Trinajstić information content (AvgIpc) is 2.99. The zero-order chi connectivity index (χ0) is 18.1. The lowest BCUT2D eigenvalue weighted by atomic mass is 10.2. The molecule has 1 heterocycles. The number of aliphatic hydroxyl groups is 1. The zero-order valence-corrected chi connectivity index (χ0v) is 14.5. The van der Waals surface area contributed by atoms with E-state index in [0.717, 1.165) is 5.56 Å². The maximum Gasteiger partial charge on any atom is 0.257 e. The minimum atomic E-state index is -0.906. The van der Waals surface area contributed by atoms with E-state index in [9.17, 15) is 14.7 Å². The van der Waals surface area contributed by atoms with Crippen LogP contribution in [-0.2, 0) is 14.3 Å². The highest BCUT2D eigenvalue weighted by Crippen LogP contribution is 2.11. The summed E-state index contributed by atoms with van der Waals surface area (Å²) in [5, 5.41) is 15.0. The van der Waals surface area contributed by atoms with Gasteiger partial charge in [0.1, 0.15) is 5.75 Å². The molecule has 1 saturated heterocycles. The fourth-order valence-corrected chi connectivity index (χ4v) is 2.47. The molecule has 1 aliphatic heterocycles. The van der Waals surface area contributed by atoms with Gasteiger partial charge in [0.15, 0.2) is 12.9 Å². The SMILES string of the molecule is Cc1ccc(OCC(=O)NCCCCC(=O)N[C@H]2CCO[C@@H]2O)cc1. The molecule has 0 aromatic heterocycles. The van der Waals surface area contributed by atoms with Crippen molar-refractivity contribution < 1.29 is 24.2 Å². The quantitative estimate of drug-likeness (QED) is 0.575. The van der Waals surface area contributed by atoms with E-state index in [0.29, 0.717) is 44.6 Å². The summed E-state index contributed by atoms with van der Waals surface area (Å²) in [6, 6.07) is 7.19. The summed E-state index contributed by atoms with van der Waals surface area (Å²) in [6.07, 6.45) is 1.45. The Labute approximate surface area is 147 Å². The molecule has 0 unspecified atom stereocenters. The van der Waals surface area contributed by atoms with Gasteiger partial charge in [0.25, 0.3) is 5.91 Å². The van der Waals surface area contributed by atoms with Crippen molar-refractivity contribution in [1.82, 2.24) is 10.6 Å². The molecule has 1 fully saturated rings. The first kappa shape index (κ1) is 19.2. The van der Waals surface area contributed by atoms with Crippen LogP contribution in [0, 0.1) is 6.92 Å². The molecule has 7 heteroatoms. The Hall–Kier alpha value is -2.12. The Morgan fingerprint density at radius 1 is 1.24 bits per heavy atom. The number of carbonyl (C=O) groups excluding carboxylic acids is 2. The summed E-state index contributed by atoms with van der Waals surface area (Å²) >= 11 is 0. The first-order chi connectivity index (χ1) is 12.0. The van der Waals surface area contributed by atoms with Crippen molar-refractivity contribution in [2.75, 3.05) is 19.8 Å². The summed E-state index contributed by atoms with van der Waals surface area (Å²) in [7, 11) is 0. The van der Waals surface area contributed by atoms with Crippen LogP contribution >= 0.6 is 0 Å². The summed E-state index contributed by atoms with van der Waals surface area (Å²) in [5.74, 6) is 0.371. The molecular weight excluding hydrogens is 324 g/mol. The van der Waals surface area contributed by atoms with E-state index in [1.165, 1.54) is 0 Å². The van der Waals surface area contributed by atoms with E-state index in [2.05, 4.69) is 10.6 Å². The summed E-state index contributed by atoms with van der Waals surface area (Å²) in [6.45, 7) is 2.92. The van der Waals surface area contributed by atoms with Crippen molar-refractivity contribution in [1.29, 1.82) is 0 Å². The minimum absolute atomic E-state index is 0.0247. The van der Waals surface area contributed by atoms with Crippen molar-refractivity contribution in [3.8, 4) is 5.75 Å². The third kappa shape index (κ3) is 7.11. The zero-order valence-electron chi connectivity index (χ0n) is 14.5. The highest BCUT2D eigenvalue weighted by atomic mass is 16.6. The maximum atomic E-state index is 11.7. The van der Waals surface area contributed by atoms with E-state index < -0.39 is 6.29 Å². The second-order valence-corrected chi connectivity index (χ2v) is 6.13. The van der Waals surface area contributed by atoms with Crippen LogP contribution in [-0.4, -0.2) is 49.0 Å². The molecule has 0 radical (unpaired) electrons. The van der Waals surface area contributed by atoms with Crippen molar-refractivity contribution in [2.24, 2.45) is 0 Å². The van der Waals surface area contributed by atoms with E-state index in [1.807, 2.05) is 31.2 Å². The number of carbonyl (C=O) groups is 2. The molecule has 2 rings (SSSR count). The van der Waals surface area contributed by atoms with Gasteiger partial charge < -0.3 is 25.2 Å². The van der Waals surface area contributed by atoms with Gasteiger partial charge >= 0.3 is 0 Å². The molecule has 0 aliphatic carbocycles. The third-order valence-electron chi connectivity index (χ3n) is 3.95. The number of aryl methyl sites for hydroxylation is 1. The Bertz CT molecular complexity index is 561. The van der Waals surface area contributed by atoms with E-state index in [1.54, 1.807) is 0 Å². The number of ether oxygens (including phenoxy) is 2. The van der Waals surface area contributed by atoms with Gasteiger partial charge in [-0.2, -0.15) is 0 Å². The number of nitrogens with one attached hydrogen (secondary N) is 2. The van der Waals surface area contributed by atoms with Gasteiger partial charge in [-0.25, -0.2) is 0 Å². The lowest BCUT2D eigenvalue weighted by Crippen LogP contribution is -2.40. The van der Waals surface area contributed by atoms with Gasteiger partial charge in [-0.3, -0.25) is 9.59 Å². The molecule has 2 amide bonds. The predicted octanol–water partition coefficient (Wildman–Crippen LogP) is 0.884. The van der Waals surface area contributed by atoms with Crippen LogP contribution < -0.4 is 15.4 Å². The number of hydrogen-bond donors (Lipinski definition) is 3. The first-order valence-electron chi connectivity index (χ1n) is 8.60. The molecule has 1 aromatic carbocycles. The largest absolute Gasteiger partial charge is 0.484 e. The Kier molecular flexibility index (Phi) is 7.69. The third-order valence-corrected chi connectivity index (χ3v) is 3.95. The van der Waals surface area contributed by atoms with Gasteiger partial charge in [0.05, 0.1) is 12.6 Å². The van der Waals surface area contributed by atoms with Crippen molar-refractivity contribution in [3.05, 3.63) is 29.8 Å². The van der Waals surface area contributed by atoms with Crippen LogP contribution in [0.2, 0.25) is 0 Å². The number of hydrogen-bond acceptors (Lipinski definition) is 5. The summed E-state index contributed by atoms with van der Waals surface area (Å²) in [4.78, 5) is 23.4. The van der Waals surface area contributed by atoms with Crippen molar-refractivity contribution >= 4 is 11.8 Å². The van der Waals surface area contributed by atoms with Gasteiger partial charge in [-0.05, 0) is 38.3 Å². The molecular formula is C18H26N2O5. The fraction of sp³-hybridized carbons (Fsp3) is 0.556. The van der Waals surface area contributed by atoms with Gasteiger partial charge in [0, 0.05) is 13.0 Å². The Balaban J connectivity index is 1.50. The summed E-state index contributed by atoms with van der Waals surface area (Å²) in [5.41, 5.74) is 1.14. The van der Waals surface area contributed by atoms with Crippen LogP contribution in [0.3, 0.4) is 0 Å². The second-order valence-electron chi connectivity index (χ2n) is 6.13. The van der Waals surface area contributed by atoms with E-state index in [4.69, 9.17) is 9.47 Å². The minimum Gasteiger partial charge on any atom is -0.484 e. The maximum absolute atomic E-state index is 11.7. The molecule has 3 N–H and O–H groups in total. The highest BCUT2D eigenvalue weighted by molar-refractivity contribution is 5.77. The van der Waals surface area contributed by atoms with Crippen LogP contribution in [0.4, 0.5) is 0 Å². The lowest BCUT2D eigenvalue weighted by molar-refractivity contribution is -0.125. The van der Waals surface area contributed by atoms with Crippen molar-refractivity contribution in [2.45, 2.75) is 44.9 Å². The number of amides is 2. The fourth-order valence-electron chi connectivity index (χ4n) is 2.47.